The molecule has 0 atom stereocenters. The third-order valence-electron chi connectivity index (χ3n) is 0.247. The summed E-state index contributed by atoms with van der Waals surface area (Å²) < 4.78 is 0. The number of rotatable bonds is 5. The van der Waals surface area contributed by atoms with Crippen molar-refractivity contribution in [3.63, 3.8) is 0 Å². The molecule has 0 bridgehead atoms. The molecule has 0 unspecified atom stereocenters. The standard InChI is InChI=1S/HN5O5/c6-4-2-1-3-5-8-10-9-7/h7H/b2-1+,5-3+. The van der Waals surface area contributed by atoms with Crippen LogP contribution in [0.15, 0.2) is 26.2 Å². The molecule has 0 aromatic heterocycles. The molecule has 0 fully saturated rings. The van der Waals surface area contributed by atoms with Gasteiger partial charge in [0.05, 0.1) is 5.28 Å². The number of nitroso groups, excluding NO2 is 1. The van der Waals surface area contributed by atoms with Gasteiger partial charge in [-0.3, -0.25) is 0 Å². The normalized spacial score (nSPS) is 10.9. The van der Waals surface area contributed by atoms with E-state index in [-0.39, 0.29) is 0 Å². The summed E-state index contributed by atoms with van der Waals surface area (Å²) in [5.74, 6) is 0. The van der Waals surface area contributed by atoms with Crippen molar-refractivity contribution < 1.29 is 20.3 Å². The lowest BCUT2D eigenvalue weighted by Gasteiger charge is -1.82. The molecule has 0 amide bonds. The van der Waals surface area contributed by atoms with E-state index in [2.05, 4.69) is 36.0 Å². The molecule has 1 N–H and O–H groups in total. The fraction of sp³-hybridized carbons (Fsp3) is 0. The monoisotopic (exact) mass is 151 g/mol. The van der Waals surface area contributed by atoms with E-state index in [0.717, 1.165) is 0 Å². The zero-order valence-corrected chi connectivity index (χ0v) is 4.32. The number of hydrogen-bond acceptors (Lipinski definition) is 6. The molecular formula is HN5O5. The fourth-order valence-corrected chi connectivity index (χ4v) is 0.0927. The molecule has 0 aliphatic carbocycles. The predicted octanol–water partition coefficient (Wildman–Crippen LogP) is 0.755. The van der Waals surface area contributed by atoms with E-state index in [1.165, 1.54) is 0 Å². The van der Waals surface area contributed by atoms with Crippen molar-refractivity contribution in [2.45, 2.75) is 0 Å². The second-order valence-corrected chi connectivity index (χ2v) is 0.649. The quantitative estimate of drug-likeness (QED) is 0.204. The van der Waals surface area contributed by atoms with Crippen LogP contribution in [0.25, 0.3) is 0 Å². The highest BCUT2D eigenvalue weighted by Gasteiger charge is 1.77. The van der Waals surface area contributed by atoms with Gasteiger partial charge in [0, 0.05) is 20.7 Å². The van der Waals surface area contributed by atoms with Gasteiger partial charge in [-0.05, 0) is 5.04 Å². The molecule has 10 heavy (non-hydrogen) atoms. The van der Waals surface area contributed by atoms with Gasteiger partial charge in [0.15, 0.2) is 0 Å². The minimum absolute atomic E-state index is 1.93. The molecule has 10 heteroatoms. The van der Waals surface area contributed by atoms with E-state index in [4.69, 9.17) is 10.2 Å². The van der Waals surface area contributed by atoms with E-state index in [1.807, 2.05) is 5.29 Å². The smallest absolute Gasteiger partial charge is 0.102 e. The molecule has 0 heterocycles. The molecule has 0 saturated heterocycles. The molecule has 0 rings (SSSR count). The Morgan fingerprint density at radius 1 is 1.20 bits per heavy atom. The van der Waals surface area contributed by atoms with Crippen molar-refractivity contribution in [1.82, 2.24) is 0 Å². The lowest BCUT2D eigenvalue weighted by atomic mass is 12.5. The van der Waals surface area contributed by atoms with E-state index in [9.17, 15) is 0 Å². The van der Waals surface area contributed by atoms with E-state index < -0.39 is 0 Å². The highest BCUT2D eigenvalue weighted by atomic mass is 17.7. The van der Waals surface area contributed by atoms with Crippen molar-refractivity contribution in [2.75, 3.05) is 0 Å². The third kappa shape index (κ3) is 6.48. The van der Waals surface area contributed by atoms with Crippen molar-refractivity contribution >= 4 is 0 Å². The molecule has 0 saturated carbocycles. The summed E-state index contributed by atoms with van der Waals surface area (Å²) in [4.78, 5) is 12.7. The summed E-state index contributed by atoms with van der Waals surface area (Å²) in [6.07, 6.45) is 0. The second kappa shape index (κ2) is 7.48. The number of nitrogens with zero attached hydrogens (tertiary/aromatic N) is 5. The van der Waals surface area contributed by atoms with Crippen molar-refractivity contribution in [1.29, 1.82) is 0 Å². The Bertz CT molecular complexity index is 128. The minimum atomic E-state index is 1.93. The molecule has 0 radical (unpaired) electrons. The third-order valence-corrected chi connectivity index (χ3v) is 0.247. The van der Waals surface area contributed by atoms with Crippen LogP contribution < -0.4 is 0 Å². The van der Waals surface area contributed by atoms with Crippen LogP contribution in [0, 0.1) is 4.91 Å². The molecule has 0 aliphatic rings. The molecular weight excluding hydrogens is 150 g/mol. The van der Waals surface area contributed by atoms with Crippen molar-refractivity contribution in [3.05, 3.63) is 4.91 Å². The van der Waals surface area contributed by atoms with Crippen LogP contribution in [0.3, 0.4) is 0 Å². The zero-order valence-electron chi connectivity index (χ0n) is 4.32. The van der Waals surface area contributed by atoms with Crippen molar-refractivity contribution in [3.8, 4) is 0 Å². The van der Waals surface area contributed by atoms with Gasteiger partial charge in [0.1, 0.15) is 5.29 Å². The van der Waals surface area contributed by atoms with Gasteiger partial charge < -0.3 is 0 Å². The Kier molecular flexibility index (Phi) is 6.34. The van der Waals surface area contributed by atoms with E-state index in [0.29, 0.717) is 0 Å². The van der Waals surface area contributed by atoms with Crippen molar-refractivity contribution in [2.24, 2.45) is 26.2 Å². The van der Waals surface area contributed by atoms with Gasteiger partial charge in [0.25, 0.3) is 0 Å². The Hall–Kier alpha value is -1.52. The average Bonchev–Trinajstić information content (AvgIpc) is 1.97. The van der Waals surface area contributed by atoms with Crippen LogP contribution in [-0.4, -0.2) is 5.26 Å². The lowest BCUT2D eigenvalue weighted by Crippen LogP contribution is -1.83. The highest BCUT2D eigenvalue weighted by Crippen LogP contribution is 1.83. The summed E-state index contributed by atoms with van der Waals surface area (Å²) in [6.45, 7) is 0. The van der Waals surface area contributed by atoms with Crippen LogP contribution in [0.2, 0.25) is 0 Å². The maximum atomic E-state index is 9.14. The molecule has 0 aromatic carbocycles. The topological polar surface area (TPSA) is 127 Å². The Morgan fingerprint density at radius 2 is 2.00 bits per heavy atom. The van der Waals surface area contributed by atoms with E-state index in [1.54, 1.807) is 0 Å². The van der Waals surface area contributed by atoms with Gasteiger partial charge in [-0.25, -0.2) is 5.26 Å². The van der Waals surface area contributed by atoms with Crippen LogP contribution in [0.4, 0.5) is 0 Å². The predicted molar refractivity (Wildman–Crippen MR) is 21.4 cm³/mol. The largest absolute Gasteiger partial charge is 0.218 e. The lowest BCUT2D eigenvalue weighted by molar-refractivity contribution is -0.626. The van der Waals surface area contributed by atoms with E-state index >= 15 is 0 Å². The van der Waals surface area contributed by atoms with Crippen LogP contribution in [0.1, 0.15) is 0 Å². The maximum Gasteiger partial charge on any atom is 0.102 e. The molecule has 0 spiro atoms. The van der Waals surface area contributed by atoms with Crippen LogP contribution in [0.5, 0.6) is 0 Å². The first kappa shape index (κ1) is 8.48. The first-order valence-corrected chi connectivity index (χ1v) is 1.68. The van der Waals surface area contributed by atoms with Gasteiger partial charge in [-0.2, -0.15) is 4.99 Å². The Labute approximate surface area is 52.8 Å². The average molecular weight is 151 g/mol. The zero-order chi connectivity index (χ0) is 7.66. The minimum Gasteiger partial charge on any atom is -0.218 e. The first-order valence-electron chi connectivity index (χ1n) is 1.68. The number of hydrogen-bond donors (Lipinski definition) is 1. The van der Waals surface area contributed by atoms with Gasteiger partial charge in [-0.15, -0.1) is 4.91 Å². The van der Waals surface area contributed by atoms with Gasteiger partial charge in [0.2, 0.25) is 0 Å². The highest BCUT2D eigenvalue weighted by molar-refractivity contribution is 4.08. The fourth-order valence-electron chi connectivity index (χ4n) is 0.0927. The Balaban J connectivity index is 3.19. The van der Waals surface area contributed by atoms with Crippen LogP contribution >= 0.6 is 0 Å². The summed E-state index contributed by atoms with van der Waals surface area (Å²) >= 11 is 0. The molecule has 0 aromatic rings. The first-order chi connectivity index (χ1) is 4.91. The summed E-state index contributed by atoms with van der Waals surface area (Å²) in [5, 5.41) is 25.8. The molecule has 10 nitrogen and oxygen atoms in total. The molecule has 0 aliphatic heterocycles. The maximum absolute atomic E-state index is 9.14. The SMILES string of the molecule is O=N/N=N/N=N/OOOO. The van der Waals surface area contributed by atoms with Gasteiger partial charge in [-0.1, -0.05) is 0 Å². The Morgan fingerprint density at radius 3 is 2.60 bits per heavy atom. The summed E-state index contributed by atoms with van der Waals surface area (Å²) in [7, 11) is 0. The second-order valence-electron chi connectivity index (χ2n) is 0.649. The summed E-state index contributed by atoms with van der Waals surface area (Å²) in [5.41, 5.74) is 0. The molecule has 56 valence electrons. The van der Waals surface area contributed by atoms with Crippen LogP contribution in [-0.2, 0) is 15.1 Å². The van der Waals surface area contributed by atoms with Gasteiger partial charge >= 0.3 is 0 Å². The summed E-state index contributed by atoms with van der Waals surface area (Å²) in [6, 6.07) is 0.